The van der Waals surface area contributed by atoms with Gasteiger partial charge in [0.05, 0.1) is 18.8 Å². The maximum Gasteiger partial charge on any atom is 0.0678 e. The van der Waals surface area contributed by atoms with Crippen molar-refractivity contribution in [1.82, 2.24) is 0 Å². The third-order valence-corrected chi connectivity index (χ3v) is 7.52. The first-order valence-corrected chi connectivity index (χ1v) is 11.9. The molecule has 9 unspecified atom stereocenters. The van der Waals surface area contributed by atoms with Crippen LogP contribution in [0.3, 0.4) is 0 Å². The molecule has 1 rings (SSSR count). The lowest BCUT2D eigenvalue weighted by atomic mass is 9.67. The van der Waals surface area contributed by atoms with Crippen molar-refractivity contribution >= 4 is 0 Å². The fraction of sp³-hybridized carbons (Fsp3) is 0.923. The van der Waals surface area contributed by atoms with Crippen LogP contribution in [0.2, 0.25) is 0 Å². The molecule has 0 saturated heterocycles. The lowest BCUT2D eigenvalue weighted by molar-refractivity contribution is -0.0256. The Labute approximate surface area is 182 Å². The average molecular weight is 411 g/mol. The molecule has 3 nitrogen and oxygen atoms in total. The van der Waals surface area contributed by atoms with Gasteiger partial charge in [-0.1, -0.05) is 66.0 Å². The van der Waals surface area contributed by atoms with E-state index in [1.54, 1.807) is 7.11 Å². The zero-order valence-electron chi connectivity index (χ0n) is 21.0. The number of hydrogen-bond donors (Lipinski definition) is 0. The number of hydrogen-bond acceptors (Lipinski definition) is 3. The van der Waals surface area contributed by atoms with Crippen LogP contribution in [0.15, 0.2) is 11.6 Å². The van der Waals surface area contributed by atoms with Gasteiger partial charge in [-0.2, -0.15) is 0 Å². The molecule has 1 aliphatic carbocycles. The third kappa shape index (κ3) is 7.99. The summed E-state index contributed by atoms with van der Waals surface area (Å²) >= 11 is 0. The molecule has 0 aromatic heterocycles. The van der Waals surface area contributed by atoms with E-state index in [4.69, 9.17) is 14.2 Å². The van der Waals surface area contributed by atoms with Gasteiger partial charge in [0.25, 0.3) is 0 Å². The molecule has 0 aromatic carbocycles. The number of rotatable bonds is 12. The van der Waals surface area contributed by atoms with Gasteiger partial charge in [0.15, 0.2) is 0 Å². The van der Waals surface area contributed by atoms with E-state index in [9.17, 15) is 0 Å². The second kappa shape index (κ2) is 13.1. The van der Waals surface area contributed by atoms with Gasteiger partial charge in [0.2, 0.25) is 0 Å². The van der Waals surface area contributed by atoms with Gasteiger partial charge in [0.1, 0.15) is 0 Å². The molecule has 29 heavy (non-hydrogen) atoms. The maximum absolute atomic E-state index is 6.09. The predicted molar refractivity (Wildman–Crippen MR) is 124 cm³/mol. The van der Waals surface area contributed by atoms with Crippen molar-refractivity contribution in [3.05, 3.63) is 11.6 Å². The van der Waals surface area contributed by atoms with Crippen LogP contribution >= 0.6 is 0 Å². The molecule has 0 aromatic rings. The summed E-state index contributed by atoms with van der Waals surface area (Å²) in [4.78, 5) is 0. The number of allylic oxidation sites excluding steroid dienone is 1. The minimum atomic E-state index is 0.182. The van der Waals surface area contributed by atoms with E-state index in [0.717, 1.165) is 30.8 Å². The molecule has 0 spiro atoms. The summed E-state index contributed by atoms with van der Waals surface area (Å²) < 4.78 is 17.2. The monoisotopic (exact) mass is 410 g/mol. The first-order valence-electron chi connectivity index (χ1n) is 11.9. The number of ether oxygens (including phenoxy) is 3. The summed E-state index contributed by atoms with van der Waals surface area (Å²) in [6.07, 6.45) is 8.10. The van der Waals surface area contributed by atoms with Gasteiger partial charge in [-0.15, -0.1) is 0 Å². The molecule has 1 fully saturated rings. The van der Waals surface area contributed by atoms with Crippen LogP contribution < -0.4 is 0 Å². The summed E-state index contributed by atoms with van der Waals surface area (Å²) in [5, 5.41) is 0. The zero-order chi connectivity index (χ0) is 22.1. The van der Waals surface area contributed by atoms with Gasteiger partial charge < -0.3 is 14.2 Å². The number of methoxy groups -OCH3 is 3. The van der Waals surface area contributed by atoms with Crippen molar-refractivity contribution in [2.45, 2.75) is 86.4 Å². The average Bonchev–Trinajstić information content (AvgIpc) is 2.64. The molecule has 0 radical (unpaired) electrons. The van der Waals surface area contributed by atoms with E-state index in [0.29, 0.717) is 29.8 Å². The van der Waals surface area contributed by atoms with E-state index >= 15 is 0 Å². The Kier molecular flexibility index (Phi) is 12.1. The smallest absolute Gasteiger partial charge is 0.0678 e. The molecule has 0 N–H and O–H groups in total. The highest BCUT2D eigenvalue weighted by Crippen LogP contribution is 2.41. The summed E-state index contributed by atoms with van der Waals surface area (Å²) in [7, 11) is 5.48. The first kappa shape index (κ1) is 26.7. The Morgan fingerprint density at radius 3 is 2.10 bits per heavy atom. The van der Waals surface area contributed by atoms with Crippen LogP contribution in [-0.2, 0) is 14.2 Å². The predicted octanol–water partition coefficient (Wildman–Crippen LogP) is 6.62. The molecule has 1 saturated carbocycles. The Balaban J connectivity index is 2.76. The van der Waals surface area contributed by atoms with Gasteiger partial charge in [0, 0.05) is 33.2 Å². The van der Waals surface area contributed by atoms with Crippen LogP contribution in [0.1, 0.15) is 74.1 Å². The largest absolute Gasteiger partial charge is 0.384 e. The van der Waals surface area contributed by atoms with Crippen molar-refractivity contribution < 1.29 is 14.2 Å². The zero-order valence-corrected chi connectivity index (χ0v) is 21.0. The van der Waals surface area contributed by atoms with Crippen LogP contribution in [-0.4, -0.2) is 40.1 Å². The lowest BCUT2D eigenvalue weighted by Crippen LogP contribution is -2.38. The topological polar surface area (TPSA) is 27.7 Å². The van der Waals surface area contributed by atoms with Gasteiger partial charge >= 0.3 is 0 Å². The standard InChI is InChI=1S/C26H50O3/c1-17-11-12-19(3)24(15-17)23(7)26(29-10)21(5)14-18(2)13-20(4)25(28-9)22(6)16-27-8/h13,17,19-26H,11-12,14-16H2,1-10H3/b18-13+. The minimum absolute atomic E-state index is 0.182. The molecule has 1 aliphatic rings. The van der Waals surface area contributed by atoms with Crippen molar-refractivity contribution in [3.63, 3.8) is 0 Å². The highest BCUT2D eigenvalue weighted by molar-refractivity contribution is 5.04. The van der Waals surface area contributed by atoms with Crippen molar-refractivity contribution in [2.75, 3.05) is 27.9 Å². The summed E-state index contributed by atoms with van der Waals surface area (Å²) in [5.74, 6) is 4.31. The van der Waals surface area contributed by atoms with Crippen molar-refractivity contribution in [3.8, 4) is 0 Å². The quantitative estimate of drug-likeness (QED) is 0.339. The molecule has 3 heteroatoms. The third-order valence-electron chi connectivity index (χ3n) is 7.52. The fourth-order valence-corrected chi connectivity index (χ4v) is 6.08. The Morgan fingerprint density at radius 1 is 0.931 bits per heavy atom. The Bertz CT molecular complexity index is 475. The van der Waals surface area contributed by atoms with Gasteiger partial charge in [-0.25, -0.2) is 0 Å². The normalized spacial score (nSPS) is 29.7. The van der Waals surface area contributed by atoms with Crippen LogP contribution in [0.25, 0.3) is 0 Å². The van der Waals surface area contributed by atoms with Crippen LogP contribution in [0.4, 0.5) is 0 Å². The highest BCUT2D eigenvalue weighted by Gasteiger charge is 2.36. The van der Waals surface area contributed by atoms with Crippen molar-refractivity contribution in [2.24, 2.45) is 41.4 Å². The van der Waals surface area contributed by atoms with Gasteiger partial charge in [-0.3, -0.25) is 0 Å². The summed E-state index contributed by atoms with van der Waals surface area (Å²) in [6.45, 7) is 17.1. The second-order valence-electron chi connectivity index (χ2n) is 10.3. The van der Waals surface area contributed by atoms with E-state index in [-0.39, 0.29) is 6.10 Å². The maximum atomic E-state index is 6.09. The second-order valence-corrected chi connectivity index (χ2v) is 10.3. The molecule has 0 aliphatic heterocycles. The van der Waals surface area contributed by atoms with Crippen LogP contribution in [0, 0.1) is 41.4 Å². The van der Waals surface area contributed by atoms with Crippen molar-refractivity contribution in [1.29, 1.82) is 0 Å². The Hall–Kier alpha value is -0.380. The molecular formula is C26H50O3. The highest BCUT2D eigenvalue weighted by atomic mass is 16.5. The lowest BCUT2D eigenvalue weighted by Gasteiger charge is -2.41. The van der Waals surface area contributed by atoms with E-state index in [1.165, 1.54) is 24.8 Å². The molecule has 172 valence electrons. The molecule has 0 amide bonds. The molecule has 0 bridgehead atoms. The van der Waals surface area contributed by atoms with E-state index in [2.05, 4.69) is 54.5 Å². The SMILES string of the molecule is COCC(C)C(OC)C(C)/C=C(\C)CC(C)C(OC)C(C)C1CC(C)CCC1C. The molecular weight excluding hydrogens is 360 g/mol. The minimum Gasteiger partial charge on any atom is -0.384 e. The van der Waals surface area contributed by atoms with Gasteiger partial charge in [-0.05, 0) is 49.4 Å². The Morgan fingerprint density at radius 2 is 1.55 bits per heavy atom. The fourth-order valence-electron chi connectivity index (χ4n) is 6.08. The van der Waals surface area contributed by atoms with E-state index < -0.39 is 0 Å². The summed E-state index contributed by atoms with van der Waals surface area (Å²) in [6, 6.07) is 0. The molecule has 0 heterocycles. The molecule has 9 atom stereocenters. The summed E-state index contributed by atoms with van der Waals surface area (Å²) in [5.41, 5.74) is 1.44. The van der Waals surface area contributed by atoms with E-state index in [1.807, 2.05) is 14.2 Å². The first-order chi connectivity index (χ1) is 13.7. The van der Waals surface area contributed by atoms with Crippen LogP contribution in [0.5, 0.6) is 0 Å².